The predicted octanol–water partition coefficient (Wildman–Crippen LogP) is 2.77. The van der Waals surface area contributed by atoms with Crippen LogP contribution in [-0.2, 0) is 0 Å². The minimum atomic E-state index is 0.331. The second-order valence-corrected chi connectivity index (χ2v) is 4.64. The fraction of sp³-hybridized carbons (Fsp3) is 0.615. The van der Waals surface area contributed by atoms with Crippen molar-refractivity contribution in [3.8, 4) is 0 Å². The zero-order valence-corrected chi connectivity index (χ0v) is 9.45. The Labute approximate surface area is 91.9 Å². The molecule has 0 aliphatic heterocycles. The van der Waals surface area contributed by atoms with Crippen LogP contribution < -0.4 is 5.73 Å². The maximum Gasteiger partial charge on any atom is 0.0372 e. The van der Waals surface area contributed by atoms with Crippen LogP contribution in [0.5, 0.6) is 0 Å². The molecule has 0 radical (unpaired) electrons. The Morgan fingerprint density at radius 3 is 2.73 bits per heavy atom. The van der Waals surface area contributed by atoms with Gasteiger partial charge in [0.15, 0.2) is 0 Å². The van der Waals surface area contributed by atoms with E-state index in [1.54, 1.807) is 0 Å². The zero-order valence-electron chi connectivity index (χ0n) is 9.45. The van der Waals surface area contributed by atoms with Gasteiger partial charge in [-0.1, -0.05) is 25.3 Å². The lowest BCUT2D eigenvalue weighted by Crippen LogP contribution is -2.27. The average molecular weight is 204 g/mol. The van der Waals surface area contributed by atoms with Crippen molar-refractivity contribution >= 4 is 0 Å². The minimum Gasteiger partial charge on any atom is -0.327 e. The van der Waals surface area contributed by atoms with E-state index in [9.17, 15) is 0 Å². The number of hydrogen-bond donors (Lipinski definition) is 1. The van der Waals surface area contributed by atoms with Crippen molar-refractivity contribution in [1.82, 2.24) is 4.98 Å². The van der Waals surface area contributed by atoms with Crippen LogP contribution in [0.15, 0.2) is 18.3 Å². The number of aryl methyl sites for hydroxylation is 1. The first kappa shape index (κ1) is 10.6. The maximum absolute atomic E-state index is 6.22. The smallest absolute Gasteiger partial charge is 0.0372 e. The third kappa shape index (κ3) is 2.57. The summed E-state index contributed by atoms with van der Waals surface area (Å²) in [5.41, 5.74) is 8.63. The topological polar surface area (TPSA) is 38.9 Å². The van der Waals surface area contributed by atoms with Gasteiger partial charge in [-0.15, -0.1) is 0 Å². The first-order valence-electron chi connectivity index (χ1n) is 5.95. The third-order valence-corrected chi connectivity index (χ3v) is 3.43. The lowest BCUT2D eigenvalue weighted by molar-refractivity contribution is 0.504. The van der Waals surface area contributed by atoms with Crippen LogP contribution in [0.25, 0.3) is 0 Å². The van der Waals surface area contributed by atoms with Gasteiger partial charge >= 0.3 is 0 Å². The quantitative estimate of drug-likeness (QED) is 0.714. The Bertz CT molecular complexity index is 305. The lowest BCUT2D eigenvalue weighted by Gasteiger charge is -2.21. The van der Waals surface area contributed by atoms with Gasteiger partial charge in [0, 0.05) is 23.9 Å². The van der Waals surface area contributed by atoms with Crippen LogP contribution in [0.4, 0.5) is 0 Å². The Hall–Kier alpha value is -0.890. The minimum absolute atomic E-state index is 0.331. The summed E-state index contributed by atoms with van der Waals surface area (Å²) in [6.45, 7) is 2.02. The number of aromatic nitrogens is 1. The molecule has 2 heteroatoms. The summed E-state index contributed by atoms with van der Waals surface area (Å²) in [4.78, 5) is 4.36. The van der Waals surface area contributed by atoms with Crippen molar-refractivity contribution in [3.05, 3.63) is 29.6 Å². The van der Waals surface area contributed by atoms with Gasteiger partial charge in [-0.05, 0) is 31.4 Å². The molecule has 2 atom stereocenters. The maximum atomic E-state index is 6.22. The molecule has 1 aliphatic rings. The van der Waals surface area contributed by atoms with Gasteiger partial charge in [0.05, 0.1) is 0 Å². The predicted molar refractivity (Wildman–Crippen MR) is 62.8 cm³/mol. The molecular formula is C13H20N2. The highest BCUT2D eigenvalue weighted by molar-refractivity contribution is 5.19. The zero-order chi connectivity index (χ0) is 10.7. The van der Waals surface area contributed by atoms with Gasteiger partial charge in [-0.2, -0.15) is 0 Å². The molecule has 0 aromatic carbocycles. The Morgan fingerprint density at radius 1 is 1.20 bits per heavy atom. The van der Waals surface area contributed by atoms with E-state index in [1.165, 1.54) is 37.7 Å². The number of nitrogens with two attached hydrogens (primary N) is 1. The number of hydrogen-bond acceptors (Lipinski definition) is 2. The molecule has 0 saturated heterocycles. The SMILES string of the molecule is Cc1ccc(C2CCCCCC2N)cn1. The molecule has 0 amide bonds. The molecule has 1 saturated carbocycles. The summed E-state index contributed by atoms with van der Waals surface area (Å²) in [5, 5.41) is 0. The summed E-state index contributed by atoms with van der Waals surface area (Å²) < 4.78 is 0. The highest BCUT2D eigenvalue weighted by Gasteiger charge is 2.21. The summed E-state index contributed by atoms with van der Waals surface area (Å²) in [6.07, 6.45) is 8.34. The van der Waals surface area contributed by atoms with Crippen molar-refractivity contribution in [2.75, 3.05) is 0 Å². The summed E-state index contributed by atoms with van der Waals surface area (Å²) in [5.74, 6) is 0.528. The lowest BCUT2D eigenvalue weighted by atomic mass is 9.89. The van der Waals surface area contributed by atoms with Crippen LogP contribution in [-0.4, -0.2) is 11.0 Å². The largest absolute Gasteiger partial charge is 0.327 e. The Balaban J connectivity index is 2.16. The van der Waals surface area contributed by atoms with Gasteiger partial charge in [-0.25, -0.2) is 0 Å². The van der Waals surface area contributed by atoms with Crippen LogP contribution in [0.3, 0.4) is 0 Å². The van der Waals surface area contributed by atoms with Gasteiger partial charge in [-0.3, -0.25) is 4.98 Å². The Morgan fingerprint density at radius 2 is 2.00 bits per heavy atom. The highest BCUT2D eigenvalue weighted by Crippen LogP contribution is 2.30. The second-order valence-electron chi connectivity index (χ2n) is 4.64. The number of pyridine rings is 1. The first-order valence-corrected chi connectivity index (χ1v) is 5.95. The van der Waals surface area contributed by atoms with E-state index in [4.69, 9.17) is 5.73 Å². The second kappa shape index (κ2) is 4.75. The Kier molecular flexibility index (Phi) is 3.37. The van der Waals surface area contributed by atoms with Crippen LogP contribution in [0.2, 0.25) is 0 Å². The van der Waals surface area contributed by atoms with E-state index in [0.29, 0.717) is 12.0 Å². The van der Waals surface area contributed by atoms with Crippen molar-refractivity contribution in [3.63, 3.8) is 0 Å². The molecule has 0 bridgehead atoms. The fourth-order valence-corrected chi connectivity index (χ4v) is 2.45. The van der Waals surface area contributed by atoms with Crippen LogP contribution in [0, 0.1) is 6.92 Å². The molecule has 2 nitrogen and oxygen atoms in total. The standard InChI is InChI=1S/C13H20N2/c1-10-7-8-11(9-15-10)12-5-3-2-4-6-13(12)14/h7-9,12-13H,2-6,14H2,1H3. The molecule has 2 unspecified atom stereocenters. The monoisotopic (exact) mass is 204 g/mol. The molecule has 2 rings (SSSR count). The highest BCUT2D eigenvalue weighted by atomic mass is 14.7. The summed E-state index contributed by atoms with van der Waals surface area (Å²) in [7, 11) is 0. The summed E-state index contributed by atoms with van der Waals surface area (Å²) >= 11 is 0. The van der Waals surface area contributed by atoms with E-state index in [1.807, 2.05) is 13.1 Å². The molecule has 1 fully saturated rings. The van der Waals surface area contributed by atoms with Crippen molar-refractivity contribution < 1.29 is 0 Å². The molecule has 0 spiro atoms. The molecule has 1 aromatic rings. The molecule has 2 N–H and O–H groups in total. The van der Waals surface area contributed by atoms with Crippen molar-refractivity contribution in [2.24, 2.45) is 5.73 Å². The molecule has 1 aromatic heterocycles. The van der Waals surface area contributed by atoms with E-state index in [2.05, 4.69) is 17.1 Å². The number of rotatable bonds is 1. The molecule has 15 heavy (non-hydrogen) atoms. The summed E-state index contributed by atoms with van der Waals surface area (Å²) in [6, 6.07) is 4.61. The van der Waals surface area contributed by atoms with E-state index in [0.717, 1.165) is 5.69 Å². The molecule has 1 heterocycles. The van der Waals surface area contributed by atoms with E-state index >= 15 is 0 Å². The van der Waals surface area contributed by atoms with Gasteiger partial charge in [0.2, 0.25) is 0 Å². The average Bonchev–Trinajstić information content (AvgIpc) is 2.44. The van der Waals surface area contributed by atoms with E-state index in [-0.39, 0.29) is 0 Å². The fourth-order valence-electron chi connectivity index (χ4n) is 2.45. The molecular weight excluding hydrogens is 184 g/mol. The van der Waals surface area contributed by atoms with Crippen LogP contribution in [0.1, 0.15) is 49.3 Å². The van der Waals surface area contributed by atoms with Crippen LogP contribution >= 0.6 is 0 Å². The third-order valence-electron chi connectivity index (χ3n) is 3.43. The normalized spacial score (nSPS) is 27.3. The number of nitrogens with zero attached hydrogens (tertiary/aromatic N) is 1. The van der Waals surface area contributed by atoms with Crippen molar-refractivity contribution in [1.29, 1.82) is 0 Å². The van der Waals surface area contributed by atoms with E-state index < -0.39 is 0 Å². The first-order chi connectivity index (χ1) is 7.27. The molecule has 82 valence electrons. The van der Waals surface area contributed by atoms with Gasteiger partial charge in [0.25, 0.3) is 0 Å². The van der Waals surface area contributed by atoms with Gasteiger partial charge < -0.3 is 5.73 Å². The van der Waals surface area contributed by atoms with Gasteiger partial charge in [0.1, 0.15) is 0 Å². The van der Waals surface area contributed by atoms with Crippen molar-refractivity contribution in [2.45, 2.75) is 51.0 Å². The molecule has 1 aliphatic carbocycles.